The van der Waals surface area contributed by atoms with Crippen LogP contribution in [0.1, 0.15) is 18.0 Å². The van der Waals surface area contributed by atoms with Crippen LogP contribution in [0.15, 0.2) is 24.8 Å². The van der Waals surface area contributed by atoms with E-state index in [9.17, 15) is 13.2 Å². The number of benzene rings is 1. The third kappa shape index (κ3) is 2.57. The summed E-state index contributed by atoms with van der Waals surface area (Å²) in [6.07, 6.45) is 1.94. The minimum absolute atomic E-state index is 0.244. The molecule has 1 atom stereocenters. The second-order valence-electron chi connectivity index (χ2n) is 3.04. The van der Waals surface area contributed by atoms with Crippen molar-refractivity contribution < 1.29 is 13.2 Å². The molecule has 1 aromatic carbocycles. The first-order valence-electron chi connectivity index (χ1n) is 4.31. The van der Waals surface area contributed by atoms with E-state index in [0.29, 0.717) is 6.42 Å². The van der Waals surface area contributed by atoms with E-state index in [-0.39, 0.29) is 5.56 Å². The second kappa shape index (κ2) is 4.95. The second-order valence-corrected chi connectivity index (χ2v) is 3.04. The molecular weight excluding hydrogens is 205 g/mol. The maximum Gasteiger partial charge on any atom is 0.194 e. The van der Waals surface area contributed by atoms with Gasteiger partial charge in [0.25, 0.3) is 0 Å². The Labute approximate surface area is 85.6 Å². The van der Waals surface area contributed by atoms with Gasteiger partial charge in [0, 0.05) is 6.04 Å². The SMILES string of the molecule is C=CCC(NN)c1cc(F)c(F)c(F)c1. The van der Waals surface area contributed by atoms with Gasteiger partial charge in [0.2, 0.25) is 0 Å². The molecule has 5 heteroatoms. The fraction of sp³-hybridized carbons (Fsp3) is 0.200. The molecule has 0 saturated carbocycles. The summed E-state index contributed by atoms with van der Waals surface area (Å²) in [5.74, 6) is 1.26. The van der Waals surface area contributed by atoms with E-state index in [1.807, 2.05) is 0 Å². The fourth-order valence-corrected chi connectivity index (χ4v) is 1.24. The number of halogens is 3. The predicted octanol–water partition coefficient (Wildman–Crippen LogP) is 2.18. The Kier molecular flexibility index (Phi) is 3.88. The molecule has 82 valence electrons. The predicted molar refractivity (Wildman–Crippen MR) is 51.2 cm³/mol. The summed E-state index contributed by atoms with van der Waals surface area (Å²) in [5.41, 5.74) is 2.61. The Bertz CT molecular complexity index is 343. The van der Waals surface area contributed by atoms with Crippen LogP contribution in [0.4, 0.5) is 13.2 Å². The van der Waals surface area contributed by atoms with Crippen LogP contribution < -0.4 is 11.3 Å². The van der Waals surface area contributed by atoms with Gasteiger partial charge < -0.3 is 0 Å². The monoisotopic (exact) mass is 216 g/mol. The Morgan fingerprint density at radius 3 is 2.27 bits per heavy atom. The van der Waals surface area contributed by atoms with Crippen molar-refractivity contribution in [3.05, 3.63) is 47.8 Å². The molecule has 0 radical (unpaired) electrons. The van der Waals surface area contributed by atoms with Gasteiger partial charge in [-0.25, -0.2) is 13.2 Å². The standard InChI is InChI=1S/C10H11F3N2/c1-2-3-9(15-14)6-4-7(11)10(13)8(12)5-6/h2,4-5,9,15H,1,3,14H2. The van der Waals surface area contributed by atoms with Crippen LogP contribution in [0.2, 0.25) is 0 Å². The molecule has 0 aliphatic heterocycles. The van der Waals surface area contributed by atoms with Gasteiger partial charge in [-0.05, 0) is 24.1 Å². The summed E-state index contributed by atoms with van der Waals surface area (Å²) in [6.45, 7) is 3.48. The molecule has 0 fully saturated rings. The van der Waals surface area contributed by atoms with Gasteiger partial charge in [-0.15, -0.1) is 6.58 Å². The lowest BCUT2D eigenvalue weighted by atomic mass is 10.0. The fourth-order valence-electron chi connectivity index (χ4n) is 1.24. The van der Waals surface area contributed by atoms with Gasteiger partial charge >= 0.3 is 0 Å². The van der Waals surface area contributed by atoms with E-state index < -0.39 is 23.5 Å². The van der Waals surface area contributed by atoms with Gasteiger partial charge in [-0.3, -0.25) is 11.3 Å². The lowest BCUT2D eigenvalue weighted by molar-refractivity contribution is 0.440. The quantitative estimate of drug-likeness (QED) is 0.350. The molecule has 3 N–H and O–H groups in total. The summed E-state index contributed by atoms with van der Waals surface area (Å²) in [5, 5.41) is 0. The Balaban J connectivity index is 3.08. The average molecular weight is 216 g/mol. The minimum Gasteiger partial charge on any atom is -0.271 e. The zero-order valence-electron chi connectivity index (χ0n) is 7.93. The van der Waals surface area contributed by atoms with Crippen LogP contribution >= 0.6 is 0 Å². The van der Waals surface area contributed by atoms with Crippen molar-refractivity contribution in [2.75, 3.05) is 0 Å². The van der Waals surface area contributed by atoms with Crippen molar-refractivity contribution in [1.82, 2.24) is 5.43 Å². The van der Waals surface area contributed by atoms with Crippen molar-refractivity contribution >= 4 is 0 Å². The van der Waals surface area contributed by atoms with Crippen LogP contribution in [-0.2, 0) is 0 Å². The Morgan fingerprint density at radius 1 is 1.33 bits per heavy atom. The molecule has 0 aromatic heterocycles. The van der Waals surface area contributed by atoms with E-state index in [0.717, 1.165) is 12.1 Å². The molecule has 1 unspecified atom stereocenters. The first-order chi connectivity index (χ1) is 7.10. The lowest BCUT2D eigenvalue weighted by Crippen LogP contribution is -2.27. The zero-order chi connectivity index (χ0) is 11.4. The highest BCUT2D eigenvalue weighted by atomic mass is 19.2. The van der Waals surface area contributed by atoms with Crippen molar-refractivity contribution in [3.63, 3.8) is 0 Å². The number of rotatable bonds is 4. The van der Waals surface area contributed by atoms with Crippen LogP contribution in [0.5, 0.6) is 0 Å². The first kappa shape index (κ1) is 11.7. The number of hydrogen-bond acceptors (Lipinski definition) is 2. The van der Waals surface area contributed by atoms with E-state index >= 15 is 0 Å². The van der Waals surface area contributed by atoms with E-state index in [4.69, 9.17) is 5.84 Å². The highest BCUT2D eigenvalue weighted by Crippen LogP contribution is 2.21. The van der Waals surface area contributed by atoms with E-state index in [1.165, 1.54) is 0 Å². The zero-order valence-corrected chi connectivity index (χ0v) is 7.93. The molecule has 1 aromatic rings. The molecule has 0 aliphatic rings. The minimum atomic E-state index is -1.48. The normalized spacial score (nSPS) is 12.5. The third-order valence-corrected chi connectivity index (χ3v) is 2.01. The summed E-state index contributed by atoms with van der Waals surface area (Å²) >= 11 is 0. The van der Waals surface area contributed by atoms with Crippen molar-refractivity contribution in [2.24, 2.45) is 5.84 Å². The van der Waals surface area contributed by atoms with Crippen LogP contribution in [0.25, 0.3) is 0 Å². The van der Waals surface area contributed by atoms with Gasteiger partial charge in [-0.2, -0.15) is 0 Å². The van der Waals surface area contributed by atoms with E-state index in [1.54, 1.807) is 6.08 Å². The molecule has 0 amide bonds. The topological polar surface area (TPSA) is 38.0 Å². The third-order valence-electron chi connectivity index (χ3n) is 2.01. The molecule has 0 saturated heterocycles. The maximum absolute atomic E-state index is 12.9. The van der Waals surface area contributed by atoms with Crippen molar-refractivity contribution in [3.8, 4) is 0 Å². The number of hydrogen-bond donors (Lipinski definition) is 2. The Morgan fingerprint density at radius 2 is 1.87 bits per heavy atom. The molecular formula is C10H11F3N2. The molecule has 15 heavy (non-hydrogen) atoms. The van der Waals surface area contributed by atoms with Gasteiger partial charge in [0.15, 0.2) is 17.5 Å². The molecule has 0 bridgehead atoms. The summed E-state index contributed by atoms with van der Waals surface area (Å²) in [4.78, 5) is 0. The lowest BCUT2D eigenvalue weighted by Gasteiger charge is -2.14. The number of nitrogens with one attached hydrogen (secondary N) is 1. The van der Waals surface area contributed by atoms with Gasteiger partial charge in [0.05, 0.1) is 0 Å². The Hall–Kier alpha value is -1.33. The molecule has 2 nitrogen and oxygen atoms in total. The van der Waals surface area contributed by atoms with E-state index in [2.05, 4.69) is 12.0 Å². The molecule has 0 aliphatic carbocycles. The molecule has 0 heterocycles. The van der Waals surface area contributed by atoms with Crippen LogP contribution in [0.3, 0.4) is 0 Å². The number of nitrogens with two attached hydrogens (primary N) is 1. The molecule has 1 rings (SSSR count). The van der Waals surface area contributed by atoms with Crippen LogP contribution in [-0.4, -0.2) is 0 Å². The van der Waals surface area contributed by atoms with Gasteiger partial charge in [0.1, 0.15) is 0 Å². The number of hydrazine groups is 1. The molecule has 0 spiro atoms. The maximum atomic E-state index is 12.9. The average Bonchev–Trinajstić information content (AvgIpc) is 2.22. The summed E-state index contributed by atoms with van der Waals surface area (Å²) < 4.78 is 38.4. The van der Waals surface area contributed by atoms with Crippen molar-refractivity contribution in [1.29, 1.82) is 0 Å². The summed E-state index contributed by atoms with van der Waals surface area (Å²) in [7, 11) is 0. The highest BCUT2D eigenvalue weighted by molar-refractivity contribution is 5.23. The smallest absolute Gasteiger partial charge is 0.194 e. The van der Waals surface area contributed by atoms with Gasteiger partial charge in [-0.1, -0.05) is 6.08 Å². The summed E-state index contributed by atoms with van der Waals surface area (Å²) in [6, 6.07) is 1.34. The first-order valence-corrected chi connectivity index (χ1v) is 4.31. The highest BCUT2D eigenvalue weighted by Gasteiger charge is 2.15. The van der Waals surface area contributed by atoms with Crippen molar-refractivity contribution in [2.45, 2.75) is 12.5 Å². The largest absolute Gasteiger partial charge is 0.271 e. The van der Waals surface area contributed by atoms with Crippen LogP contribution in [0, 0.1) is 17.5 Å².